The second-order valence-corrected chi connectivity index (χ2v) is 15.0. The topological polar surface area (TPSA) is 63.7 Å². The van der Waals surface area contributed by atoms with Gasteiger partial charge in [0.2, 0.25) is 0 Å². The van der Waals surface area contributed by atoms with E-state index in [1.165, 1.54) is 11.8 Å². The van der Waals surface area contributed by atoms with Crippen molar-refractivity contribution in [3.8, 4) is 17.3 Å². The lowest BCUT2D eigenvalue weighted by Gasteiger charge is -2.16. The summed E-state index contributed by atoms with van der Waals surface area (Å²) in [6.07, 6.45) is 5.55. The first-order chi connectivity index (χ1) is 13.3. The summed E-state index contributed by atoms with van der Waals surface area (Å²) in [5.41, 5.74) is 3.08. The molecule has 0 fully saturated rings. The highest BCUT2D eigenvalue weighted by atomic mass is 79.9. The van der Waals surface area contributed by atoms with Gasteiger partial charge in [-0.25, -0.2) is 9.97 Å². The van der Waals surface area contributed by atoms with Gasteiger partial charge in [-0.15, -0.1) is 0 Å². The standard InChI is InChI=1S/C20H23BrN4OSSi/c1-27-20-23-11-14(10-22)18(24-20)16-12-25(13-26-8-9-28(2,3)4)19-15(16)6-5-7-17(19)21/h5-7,11-12H,8-9,13H2,1-4H3. The van der Waals surface area contributed by atoms with Crippen LogP contribution in [-0.4, -0.2) is 35.5 Å². The summed E-state index contributed by atoms with van der Waals surface area (Å²) in [6.45, 7) is 8.25. The van der Waals surface area contributed by atoms with Crippen LogP contribution in [0, 0.1) is 11.3 Å². The van der Waals surface area contributed by atoms with Gasteiger partial charge >= 0.3 is 0 Å². The zero-order valence-corrected chi connectivity index (χ0v) is 19.9. The van der Waals surface area contributed by atoms with Gasteiger partial charge in [-0.3, -0.25) is 0 Å². The fraction of sp³-hybridized carbons (Fsp3) is 0.350. The molecule has 0 unspecified atom stereocenters. The van der Waals surface area contributed by atoms with E-state index < -0.39 is 8.07 Å². The molecule has 0 N–H and O–H groups in total. The van der Waals surface area contributed by atoms with Crippen molar-refractivity contribution in [2.24, 2.45) is 0 Å². The minimum Gasteiger partial charge on any atom is -0.361 e. The molecule has 0 bridgehead atoms. The fourth-order valence-corrected chi connectivity index (χ4v) is 4.59. The molecule has 2 heterocycles. The van der Waals surface area contributed by atoms with Crippen LogP contribution in [0.4, 0.5) is 0 Å². The Hall–Kier alpha value is -1.66. The summed E-state index contributed by atoms with van der Waals surface area (Å²) in [5.74, 6) is 0. The highest BCUT2D eigenvalue weighted by Crippen LogP contribution is 2.35. The Morgan fingerprint density at radius 1 is 1.32 bits per heavy atom. The second kappa shape index (κ2) is 8.78. The number of ether oxygens (including phenoxy) is 1. The fourth-order valence-electron chi connectivity index (χ4n) is 2.90. The summed E-state index contributed by atoms with van der Waals surface area (Å²) >= 11 is 5.13. The Morgan fingerprint density at radius 2 is 2.11 bits per heavy atom. The molecule has 0 spiro atoms. The van der Waals surface area contributed by atoms with Gasteiger partial charge in [-0.1, -0.05) is 43.5 Å². The lowest BCUT2D eigenvalue weighted by molar-refractivity contribution is 0.0902. The highest BCUT2D eigenvalue weighted by molar-refractivity contribution is 9.10. The van der Waals surface area contributed by atoms with Gasteiger partial charge in [0, 0.05) is 42.5 Å². The molecule has 3 aromatic rings. The number of hydrogen-bond acceptors (Lipinski definition) is 5. The molecular weight excluding hydrogens is 452 g/mol. The molecular formula is C20H23BrN4OSSi. The van der Waals surface area contributed by atoms with Crippen LogP contribution < -0.4 is 0 Å². The number of nitriles is 1. The van der Waals surface area contributed by atoms with Gasteiger partial charge in [0.1, 0.15) is 12.8 Å². The summed E-state index contributed by atoms with van der Waals surface area (Å²) < 4.78 is 9.06. The molecule has 0 aliphatic heterocycles. The van der Waals surface area contributed by atoms with Gasteiger partial charge in [0.05, 0.1) is 16.8 Å². The van der Waals surface area contributed by atoms with Crippen LogP contribution >= 0.6 is 27.7 Å². The van der Waals surface area contributed by atoms with E-state index in [0.717, 1.165) is 33.6 Å². The lowest BCUT2D eigenvalue weighted by atomic mass is 10.1. The second-order valence-electron chi connectivity index (χ2n) is 7.73. The third-order valence-electron chi connectivity index (χ3n) is 4.40. The van der Waals surface area contributed by atoms with Crippen molar-refractivity contribution >= 4 is 46.7 Å². The number of nitrogens with zero attached hydrogens (tertiary/aromatic N) is 4. The zero-order valence-electron chi connectivity index (χ0n) is 16.5. The van der Waals surface area contributed by atoms with E-state index in [9.17, 15) is 5.26 Å². The highest BCUT2D eigenvalue weighted by Gasteiger charge is 2.18. The van der Waals surface area contributed by atoms with E-state index in [1.807, 2.05) is 24.6 Å². The van der Waals surface area contributed by atoms with E-state index >= 15 is 0 Å². The van der Waals surface area contributed by atoms with Crippen LogP contribution in [0.15, 0.2) is 40.2 Å². The smallest absolute Gasteiger partial charge is 0.187 e. The molecule has 0 radical (unpaired) electrons. The molecule has 0 amide bonds. The maximum Gasteiger partial charge on any atom is 0.187 e. The maximum atomic E-state index is 9.55. The van der Waals surface area contributed by atoms with Crippen molar-refractivity contribution < 1.29 is 4.74 Å². The zero-order chi connectivity index (χ0) is 20.3. The Morgan fingerprint density at radius 3 is 2.79 bits per heavy atom. The van der Waals surface area contributed by atoms with Gasteiger partial charge in [-0.05, 0) is 34.3 Å². The summed E-state index contributed by atoms with van der Waals surface area (Å²) in [4.78, 5) is 8.85. The van der Waals surface area contributed by atoms with E-state index in [4.69, 9.17) is 4.74 Å². The van der Waals surface area contributed by atoms with Crippen LogP contribution in [0.2, 0.25) is 25.7 Å². The van der Waals surface area contributed by atoms with Crippen LogP contribution in [0.25, 0.3) is 22.2 Å². The first kappa shape index (κ1) is 21.1. The van der Waals surface area contributed by atoms with Crippen LogP contribution in [-0.2, 0) is 11.5 Å². The molecule has 3 rings (SSSR count). The Balaban J connectivity index is 2.04. The molecule has 146 valence electrons. The molecule has 1 aromatic carbocycles. The van der Waals surface area contributed by atoms with Crippen molar-refractivity contribution in [1.82, 2.24) is 14.5 Å². The van der Waals surface area contributed by atoms with Crippen molar-refractivity contribution in [2.45, 2.75) is 37.6 Å². The quantitative estimate of drug-likeness (QED) is 0.188. The summed E-state index contributed by atoms with van der Waals surface area (Å²) in [6, 6.07) is 9.41. The molecule has 0 saturated heterocycles. The molecule has 28 heavy (non-hydrogen) atoms. The van der Waals surface area contributed by atoms with Gasteiger partial charge < -0.3 is 9.30 Å². The monoisotopic (exact) mass is 474 g/mol. The van der Waals surface area contributed by atoms with E-state index in [0.29, 0.717) is 23.1 Å². The molecule has 5 nitrogen and oxygen atoms in total. The Kier molecular flexibility index (Phi) is 6.60. The summed E-state index contributed by atoms with van der Waals surface area (Å²) in [5, 5.41) is 11.2. The number of thioether (sulfide) groups is 1. The average molecular weight is 475 g/mol. The van der Waals surface area contributed by atoms with Gasteiger partial charge in [-0.2, -0.15) is 5.26 Å². The third-order valence-corrected chi connectivity index (χ3v) is 7.31. The third kappa shape index (κ3) is 4.66. The van der Waals surface area contributed by atoms with Crippen molar-refractivity contribution in [3.63, 3.8) is 0 Å². The molecule has 0 atom stereocenters. The van der Waals surface area contributed by atoms with Crippen molar-refractivity contribution in [2.75, 3.05) is 12.9 Å². The number of halogens is 1. The Bertz CT molecular complexity index is 1040. The number of fused-ring (bicyclic) bond motifs is 1. The number of rotatable bonds is 7. The minimum atomic E-state index is -1.13. The Labute approximate surface area is 179 Å². The number of aromatic nitrogens is 3. The van der Waals surface area contributed by atoms with Crippen molar-refractivity contribution in [3.05, 3.63) is 40.6 Å². The van der Waals surface area contributed by atoms with Crippen LogP contribution in [0.5, 0.6) is 0 Å². The van der Waals surface area contributed by atoms with E-state index in [-0.39, 0.29) is 0 Å². The predicted octanol–water partition coefficient (Wildman–Crippen LogP) is 5.77. The molecule has 0 aliphatic carbocycles. The SMILES string of the molecule is CSc1ncc(C#N)c(-c2cn(COCC[Si](C)(C)C)c3c(Br)cccc23)n1. The first-order valence-corrected chi connectivity index (χ1v) is 14.7. The number of para-hydroxylation sites is 1. The largest absolute Gasteiger partial charge is 0.361 e. The van der Waals surface area contributed by atoms with Gasteiger partial charge in [0.25, 0.3) is 0 Å². The van der Waals surface area contributed by atoms with E-state index in [2.05, 4.69) is 62.2 Å². The molecule has 0 saturated carbocycles. The normalized spacial score (nSPS) is 11.7. The maximum absolute atomic E-state index is 9.55. The molecule has 8 heteroatoms. The van der Waals surface area contributed by atoms with E-state index in [1.54, 1.807) is 6.20 Å². The lowest BCUT2D eigenvalue weighted by Crippen LogP contribution is -2.21. The molecule has 0 aliphatic rings. The average Bonchev–Trinajstić information content (AvgIpc) is 3.04. The minimum absolute atomic E-state index is 0.464. The van der Waals surface area contributed by atoms with Crippen LogP contribution in [0.1, 0.15) is 5.56 Å². The number of hydrogen-bond donors (Lipinski definition) is 0. The number of benzene rings is 1. The first-order valence-electron chi connectivity index (χ1n) is 9.00. The molecule has 2 aromatic heterocycles. The van der Waals surface area contributed by atoms with Gasteiger partial charge in [0.15, 0.2) is 5.16 Å². The summed E-state index contributed by atoms with van der Waals surface area (Å²) in [7, 11) is -1.13. The predicted molar refractivity (Wildman–Crippen MR) is 121 cm³/mol. The van der Waals surface area contributed by atoms with Crippen LogP contribution in [0.3, 0.4) is 0 Å². The van der Waals surface area contributed by atoms with Crippen molar-refractivity contribution in [1.29, 1.82) is 5.26 Å².